The average molecular weight is 527 g/mol. The molecule has 0 aliphatic carbocycles. The summed E-state index contributed by atoms with van der Waals surface area (Å²) >= 11 is 0. The summed E-state index contributed by atoms with van der Waals surface area (Å²) in [6.45, 7) is 8.02. The molecule has 0 saturated carbocycles. The van der Waals surface area contributed by atoms with E-state index in [0.29, 0.717) is 45.5 Å². The first-order chi connectivity index (χ1) is 15.4. The number of thiol groups is 2. The number of hydrogen-bond donors (Lipinski definition) is 2. The van der Waals surface area contributed by atoms with Gasteiger partial charge in [0.15, 0.2) is 0 Å². The van der Waals surface area contributed by atoms with Crippen LogP contribution in [0, 0.1) is 0 Å². The second kappa shape index (κ2) is 19.1. The van der Waals surface area contributed by atoms with Crippen LogP contribution in [0.5, 0.6) is 0 Å². The SMILES string of the molecule is CCN(CC)CCOC(=O)CCC(c1ccccc1)N(CCC[SH](=O)=O)CCC[SH](=O)=O.Cl. The van der Waals surface area contributed by atoms with Gasteiger partial charge in [-0.05, 0) is 51.0 Å². The highest BCUT2D eigenvalue weighted by molar-refractivity contribution is 7.72. The molecule has 0 N–H and O–H groups in total. The van der Waals surface area contributed by atoms with Crippen LogP contribution in [-0.2, 0) is 30.9 Å². The molecule has 33 heavy (non-hydrogen) atoms. The molecule has 0 fully saturated rings. The van der Waals surface area contributed by atoms with Crippen LogP contribution in [0.2, 0.25) is 0 Å². The largest absolute Gasteiger partial charge is 0.464 e. The van der Waals surface area contributed by atoms with Crippen LogP contribution in [0.3, 0.4) is 0 Å². The Morgan fingerprint density at radius 1 is 0.909 bits per heavy atom. The Morgan fingerprint density at radius 3 is 1.94 bits per heavy atom. The number of likely N-dealkylation sites (N-methyl/N-ethyl adjacent to an activating group) is 1. The van der Waals surface area contributed by atoms with Crippen molar-refractivity contribution in [2.45, 2.75) is 45.6 Å². The minimum atomic E-state index is -2.46. The van der Waals surface area contributed by atoms with Crippen LogP contribution in [0.15, 0.2) is 30.3 Å². The molecule has 192 valence electrons. The number of nitrogens with zero attached hydrogens (tertiary/aromatic N) is 2. The zero-order valence-electron chi connectivity index (χ0n) is 19.6. The van der Waals surface area contributed by atoms with E-state index >= 15 is 0 Å². The van der Waals surface area contributed by atoms with Gasteiger partial charge in [0.05, 0.1) is 0 Å². The molecule has 11 heteroatoms. The highest BCUT2D eigenvalue weighted by atomic mass is 35.5. The van der Waals surface area contributed by atoms with Crippen molar-refractivity contribution >= 4 is 39.8 Å². The highest BCUT2D eigenvalue weighted by Gasteiger charge is 2.21. The monoisotopic (exact) mass is 526 g/mol. The van der Waals surface area contributed by atoms with E-state index in [0.717, 1.165) is 18.7 Å². The third-order valence-corrected chi connectivity index (χ3v) is 6.75. The smallest absolute Gasteiger partial charge is 0.305 e. The van der Waals surface area contributed by atoms with Gasteiger partial charge in [0.25, 0.3) is 0 Å². The van der Waals surface area contributed by atoms with Gasteiger partial charge in [-0.3, -0.25) is 9.69 Å². The summed E-state index contributed by atoms with van der Waals surface area (Å²) < 4.78 is 49.4. The van der Waals surface area contributed by atoms with Crippen molar-refractivity contribution in [2.75, 3.05) is 50.8 Å². The highest BCUT2D eigenvalue weighted by Crippen LogP contribution is 2.26. The average Bonchev–Trinajstić information content (AvgIpc) is 2.76. The van der Waals surface area contributed by atoms with Gasteiger partial charge >= 0.3 is 5.97 Å². The maximum atomic E-state index is 12.3. The standard InChI is InChI=1S/C22H38N2O6S2.ClH/c1-3-23(4-2)16-17-30-22(25)13-12-21(20-10-6-5-7-11-20)24(14-8-18-31(26)27)15-9-19-32(28)29;/h5-7,10-11,21,31-32H,3-4,8-9,12-19H2,1-2H3;1H. The van der Waals surface area contributed by atoms with Crippen molar-refractivity contribution < 1.29 is 26.4 Å². The lowest BCUT2D eigenvalue weighted by Gasteiger charge is -2.32. The maximum absolute atomic E-state index is 12.3. The Morgan fingerprint density at radius 2 is 1.45 bits per heavy atom. The predicted molar refractivity (Wildman–Crippen MR) is 136 cm³/mol. The van der Waals surface area contributed by atoms with Crippen molar-refractivity contribution in [3.63, 3.8) is 0 Å². The van der Waals surface area contributed by atoms with E-state index in [9.17, 15) is 21.6 Å². The fourth-order valence-electron chi connectivity index (χ4n) is 3.62. The van der Waals surface area contributed by atoms with Gasteiger partial charge < -0.3 is 9.64 Å². The van der Waals surface area contributed by atoms with Gasteiger partial charge in [-0.25, -0.2) is 16.8 Å². The molecule has 1 aromatic carbocycles. The normalized spacial score (nSPS) is 12.3. The molecule has 0 heterocycles. The van der Waals surface area contributed by atoms with E-state index in [-0.39, 0.29) is 42.3 Å². The molecule has 0 spiro atoms. The van der Waals surface area contributed by atoms with E-state index in [1.165, 1.54) is 0 Å². The van der Waals surface area contributed by atoms with Crippen LogP contribution < -0.4 is 0 Å². The summed E-state index contributed by atoms with van der Waals surface area (Å²) in [5.41, 5.74) is 1.02. The van der Waals surface area contributed by atoms with Crippen molar-refractivity contribution in [1.82, 2.24) is 9.80 Å². The summed E-state index contributed by atoms with van der Waals surface area (Å²) in [5, 5.41) is 0. The third kappa shape index (κ3) is 14.6. The Bertz CT molecular complexity index is 757. The van der Waals surface area contributed by atoms with Crippen molar-refractivity contribution in [2.24, 2.45) is 0 Å². The van der Waals surface area contributed by atoms with Crippen molar-refractivity contribution in [3.8, 4) is 0 Å². The number of carbonyl (C=O) groups is 1. The molecule has 0 bridgehead atoms. The Labute approximate surface area is 208 Å². The van der Waals surface area contributed by atoms with Crippen LogP contribution >= 0.6 is 12.4 Å². The van der Waals surface area contributed by atoms with Gasteiger partial charge in [-0.2, -0.15) is 0 Å². The molecule has 0 saturated heterocycles. The van der Waals surface area contributed by atoms with E-state index in [2.05, 4.69) is 23.6 Å². The molecule has 8 nitrogen and oxygen atoms in total. The molecule has 0 amide bonds. The molecule has 1 aromatic rings. The number of benzene rings is 1. The molecular formula is C22H39ClN2O6S2. The van der Waals surface area contributed by atoms with E-state index < -0.39 is 21.4 Å². The second-order valence-corrected chi connectivity index (χ2v) is 9.79. The van der Waals surface area contributed by atoms with Gasteiger partial charge in [-0.15, -0.1) is 12.4 Å². The van der Waals surface area contributed by atoms with Gasteiger partial charge in [0, 0.05) is 30.5 Å². The topological polar surface area (TPSA) is 101 Å². The summed E-state index contributed by atoms with van der Waals surface area (Å²) in [6.07, 6.45) is 1.67. The van der Waals surface area contributed by atoms with E-state index in [1.54, 1.807) is 0 Å². The Hall–Kier alpha value is -1.20. The molecule has 0 radical (unpaired) electrons. The first-order valence-corrected chi connectivity index (χ1v) is 14.0. The lowest BCUT2D eigenvalue weighted by Crippen LogP contribution is -2.33. The number of hydrogen-bond acceptors (Lipinski definition) is 8. The lowest BCUT2D eigenvalue weighted by molar-refractivity contribution is -0.144. The number of ether oxygens (including phenoxy) is 1. The quantitative estimate of drug-likeness (QED) is 0.221. The zero-order chi connectivity index (χ0) is 23.8. The van der Waals surface area contributed by atoms with Crippen LogP contribution in [0.4, 0.5) is 0 Å². The maximum Gasteiger partial charge on any atom is 0.305 e. The van der Waals surface area contributed by atoms with Gasteiger partial charge in [0.1, 0.15) is 28.0 Å². The molecule has 1 atom stereocenters. The molecule has 0 aliphatic heterocycles. The predicted octanol–water partition coefficient (Wildman–Crippen LogP) is 2.12. The summed E-state index contributed by atoms with van der Waals surface area (Å²) in [6, 6.07) is 9.59. The minimum absolute atomic E-state index is 0. The molecule has 0 aliphatic rings. The Balaban J connectivity index is 0.0000102. The summed E-state index contributed by atoms with van der Waals surface area (Å²) in [5.74, 6) is -0.101. The first kappa shape index (κ1) is 31.8. The number of halogens is 1. The van der Waals surface area contributed by atoms with Crippen LogP contribution in [0.1, 0.15) is 51.1 Å². The van der Waals surface area contributed by atoms with Gasteiger partial charge in [0.2, 0.25) is 0 Å². The van der Waals surface area contributed by atoms with Crippen LogP contribution in [-0.4, -0.2) is 83.4 Å². The third-order valence-electron chi connectivity index (χ3n) is 5.38. The van der Waals surface area contributed by atoms with Crippen molar-refractivity contribution in [3.05, 3.63) is 35.9 Å². The first-order valence-electron chi connectivity index (χ1n) is 11.3. The molecule has 0 aromatic heterocycles. The summed E-state index contributed by atoms with van der Waals surface area (Å²) in [7, 11) is -4.93. The van der Waals surface area contributed by atoms with Gasteiger partial charge in [-0.1, -0.05) is 44.2 Å². The second-order valence-electron chi connectivity index (χ2n) is 7.57. The van der Waals surface area contributed by atoms with Crippen LogP contribution in [0.25, 0.3) is 0 Å². The molecule has 1 unspecified atom stereocenters. The fraction of sp³-hybridized carbons (Fsp3) is 0.682. The number of carbonyl (C=O) groups excluding carboxylic acids is 1. The van der Waals surface area contributed by atoms with Crippen molar-refractivity contribution in [1.29, 1.82) is 0 Å². The number of esters is 1. The number of rotatable bonds is 18. The van der Waals surface area contributed by atoms with E-state index in [4.69, 9.17) is 4.74 Å². The molecule has 1 rings (SSSR count). The zero-order valence-corrected chi connectivity index (χ0v) is 22.2. The molecular weight excluding hydrogens is 488 g/mol. The Kier molecular flexibility index (Phi) is 18.4. The van der Waals surface area contributed by atoms with E-state index in [1.807, 2.05) is 30.3 Å². The fourth-order valence-corrected chi connectivity index (χ4v) is 4.42. The lowest BCUT2D eigenvalue weighted by atomic mass is 9.99. The minimum Gasteiger partial charge on any atom is -0.464 e. The summed E-state index contributed by atoms with van der Waals surface area (Å²) in [4.78, 5) is 16.6.